The molecule has 0 spiro atoms. The Morgan fingerprint density at radius 3 is 0.813 bits per heavy atom. The van der Waals surface area contributed by atoms with Crippen molar-refractivity contribution in [2.24, 2.45) is 0 Å². The molecule has 0 bridgehead atoms. The van der Waals surface area contributed by atoms with Gasteiger partial charge in [0, 0.05) is 19.3 Å². The molecule has 0 radical (unpaired) electrons. The summed E-state index contributed by atoms with van der Waals surface area (Å²) in [6, 6.07) is 0. The maximum atomic E-state index is 12.9. The van der Waals surface area contributed by atoms with Gasteiger partial charge in [-0.3, -0.25) is 14.4 Å². The fourth-order valence-electron chi connectivity index (χ4n) is 9.35. The van der Waals surface area contributed by atoms with Crippen molar-refractivity contribution in [1.82, 2.24) is 0 Å². The summed E-state index contributed by atoms with van der Waals surface area (Å²) in [6.07, 6.45) is 82.1. The van der Waals surface area contributed by atoms with Gasteiger partial charge in [-0.25, -0.2) is 0 Å². The monoisotopic (exact) mass is 1050 g/mol. The molecular formula is C69H122O6. The van der Waals surface area contributed by atoms with Gasteiger partial charge in [-0.2, -0.15) is 0 Å². The van der Waals surface area contributed by atoms with E-state index in [9.17, 15) is 14.4 Å². The van der Waals surface area contributed by atoms with Crippen LogP contribution >= 0.6 is 0 Å². The molecule has 0 rings (SSSR count). The first-order valence-electron chi connectivity index (χ1n) is 32.4. The number of carbonyl (C=O) groups is 3. The second-order valence-electron chi connectivity index (χ2n) is 21.6. The third kappa shape index (κ3) is 61.6. The van der Waals surface area contributed by atoms with Crippen LogP contribution in [0.15, 0.2) is 72.9 Å². The molecule has 0 heterocycles. The number of hydrogen-bond donors (Lipinski definition) is 0. The molecule has 0 amide bonds. The number of ether oxygens (including phenoxy) is 3. The number of unbranched alkanes of at least 4 members (excludes halogenated alkanes) is 36. The van der Waals surface area contributed by atoms with Gasteiger partial charge in [0.05, 0.1) is 0 Å². The largest absolute Gasteiger partial charge is 0.462 e. The van der Waals surface area contributed by atoms with E-state index in [4.69, 9.17) is 14.2 Å². The lowest BCUT2D eigenvalue weighted by atomic mass is 10.0. The van der Waals surface area contributed by atoms with Crippen molar-refractivity contribution in [2.75, 3.05) is 13.2 Å². The second kappa shape index (κ2) is 63.4. The molecule has 0 saturated heterocycles. The van der Waals surface area contributed by atoms with Crippen molar-refractivity contribution < 1.29 is 28.6 Å². The molecule has 6 heteroatoms. The van der Waals surface area contributed by atoms with E-state index in [1.54, 1.807) is 0 Å². The SMILES string of the molecule is CC/C=C\C/C=C\C/C=C\C/C=C\CCCCCCCCCCC(=O)OC(COC(=O)CCCCCCCCCCC)COC(=O)CCCCCCCCCCCCCCCCC/C=C\C/C=C\CCCCCCC. The highest BCUT2D eigenvalue weighted by molar-refractivity contribution is 5.71. The van der Waals surface area contributed by atoms with Crippen LogP contribution in [0, 0.1) is 0 Å². The number of hydrogen-bond acceptors (Lipinski definition) is 6. The normalized spacial score (nSPS) is 12.5. The van der Waals surface area contributed by atoms with Crippen LogP contribution in [0.1, 0.15) is 329 Å². The Morgan fingerprint density at radius 1 is 0.280 bits per heavy atom. The molecule has 6 nitrogen and oxygen atoms in total. The van der Waals surface area contributed by atoms with Gasteiger partial charge in [-0.05, 0) is 89.9 Å². The van der Waals surface area contributed by atoms with Gasteiger partial charge in [-0.15, -0.1) is 0 Å². The highest BCUT2D eigenvalue weighted by atomic mass is 16.6. The first-order chi connectivity index (χ1) is 37.0. The number of esters is 3. The molecule has 0 N–H and O–H groups in total. The van der Waals surface area contributed by atoms with Gasteiger partial charge in [0.15, 0.2) is 6.10 Å². The molecule has 75 heavy (non-hydrogen) atoms. The smallest absolute Gasteiger partial charge is 0.306 e. The summed E-state index contributed by atoms with van der Waals surface area (Å²) in [4.78, 5) is 38.2. The van der Waals surface area contributed by atoms with E-state index >= 15 is 0 Å². The molecule has 0 fully saturated rings. The molecule has 0 saturated carbocycles. The highest BCUT2D eigenvalue weighted by Gasteiger charge is 2.19. The number of allylic oxidation sites excluding steroid dienone is 12. The Hall–Kier alpha value is -3.15. The van der Waals surface area contributed by atoms with Crippen LogP contribution in [0.4, 0.5) is 0 Å². The minimum absolute atomic E-state index is 0.0755. The highest BCUT2D eigenvalue weighted by Crippen LogP contribution is 2.17. The Kier molecular flexibility index (Phi) is 60.7. The fourth-order valence-corrected chi connectivity index (χ4v) is 9.35. The number of carbonyl (C=O) groups excluding carboxylic acids is 3. The third-order valence-electron chi connectivity index (χ3n) is 14.2. The molecule has 0 aliphatic heterocycles. The molecule has 434 valence electrons. The Morgan fingerprint density at radius 2 is 0.520 bits per heavy atom. The second-order valence-corrected chi connectivity index (χ2v) is 21.6. The zero-order valence-electron chi connectivity index (χ0n) is 49.8. The lowest BCUT2D eigenvalue weighted by Gasteiger charge is -2.18. The van der Waals surface area contributed by atoms with Crippen LogP contribution in [0.5, 0.6) is 0 Å². The Balaban J connectivity index is 4.18. The first-order valence-corrected chi connectivity index (χ1v) is 32.4. The van der Waals surface area contributed by atoms with Crippen molar-refractivity contribution >= 4 is 17.9 Å². The van der Waals surface area contributed by atoms with E-state index in [0.717, 1.165) is 96.3 Å². The van der Waals surface area contributed by atoms with Gasteiger partial charge in [0.25, 0.3) is 0 Å². The van der Waals surface area contributed by atoms with Crippen molar-refractivity contribution in [3.05, 3.63) is 72.9 Å². The third-order valence-corrected chi connectivity index (χ3v) is 14.2. The quantitative estimate of drug-likeness (QED) is 0.0261. The Labute approximate surface area is 465 Å². The average molecular weight is 1050 g/mol. The molecule has 0 aliphatic rings. The van der Waals surface area contributed by atoms with E-state index in [1.165, 1.54) is 193 Å². The maximum Gasteiger partial charge on any atom is 0.306 e. The molecule has 1 unspecified atom stereocenters. The molecule has 0 aliphatic carbocycles. The predicted octanol–water partition coefficient (Wildman–Crippen LogP) is 22.1. The lowest BCUT2D eigenvalue weighted by molar-refractivity contribution is -0.167. The van der Waals surface area contributed by atoms with E-state index in [1.807, 2.05) is 0 Å². The molecule has 0 aromatic rings. The lowest BCUT2D eigenvalue weighted by Crippen LogP contribution is -2.30. The first kappa shape index (κ1) is 71.8. The van der Waals surface area contributed by atoms with Gasteiger partial charge in [0.1, 0.15) is 13.2 Å². The van der Waals surface area contributed by atoms with E-state index < -0.39 is 6.10 Å². The van der Waals surface area contributed by atoms with Crippen LogP contribution in [0.3, 0.4) is 0 Å². The van der Waals surface area contributed by atoms with Crippen LogP contribution in [0.25, 0.3) is 0 Å². The van der Waals surface area contributed by atoms with Crippen molar-refractivity contribution in [2.45, 2.75) is 335 Å². The molecular weight excluding hydrogens is 925 g/mol. The summed E-state index contributed by atoms with van der Waals surface area (Å²) in [5, 5.41) is 0. The van der Waals surface area contributed by atoms with Crippen LogP contribution < -0.4 is 0 Å². The summed E-state index contributed by atoms with van der Waals surface area (Å²) >= 11 is 0. The number of rotatable bonds is 59. The summed E-state index contributed by atoms with van der Waals surface area (Å²) in [5.74, 6) is -0.872. The zero-order chi connectivity index (χ0) is 54.3. The predicted molar refractivity (Wildman–Crippen MR) is 325 cm³/mol. The van der Waals surface area contributed by atoms with E-state index in [-0.39, 0.29) is 31.1 Å². The van der Waals surface area contributed by atoms with E-state index in [2.05, 4.69) is 93.7 Å². The standard InChI is InChI=1S/C69H122O6/c1-4-7-10-13-16-19-21-23-25-27-29-31-32-33-34-35-36-38-39-41-43-45-47-50-53-56-59-62-68(71)74-65-66(64-73-67(70)61-58-55-52-49-18-15-12-9-6-3)75-69(72)63-60-57-54-51-48-46-44-42-40-37-30-28-26-24-22-20-17-14-11-8-5-2/h8,11,17,20-21,23-24,26-27,29-30,37,66H,4-7,9-10,12-16,18-19,22,25,28,31-36,38-65H2,1-3H3/b11-8-,20-17-,23-21-,26-24-,29-27-,37-30-. The van der Waals surface area contributed by atoms with Gasteiger partial charge >= 0.3 is 17.9 Å². The van der Waals surface area contributed by atoms with Crippen LogP contribution in [0.2, 0.25) is 0 Å². The summed E-state index contributed by atoms with van der Waals surface area (Å²) in [7, 11) is 0. The average Bonchev–Trinajstić information content (AvgIpc) is 3.41. The summed E-state index contributed by atoms with van der Waals surface area (Å²) < 4.78 is 16.9. The zero-order valence-corrected chi connectivity index (χ0v) is 49.8. The molecule has 0 aromatic carbocycles. The van der Waals surface area contributed by atoms with Gasteiger partial charge < -0.3 is 14.2 Å². The van der Waals surface area contributed by atoms with Gasteiger partial charge in [-0.1, -0.05) is 293 Å². The Bertz CT molecular complexity index is 1390. The van der Waals surface area contributed by atoms with Crippen LogP contribution in [-0.2, 0) is 28.6 Å². The summed E-state index contributed by atoms with van der Waals surface area (Å²) in [6.45, 7) is 6.53. The maximum absolute atomic E-state index is 12.9. The van der Waals surface area contributed by atoms with Crippen molar-refractivity contribution in [3.63, 3.8) is 0 Å². The van der Waals surface area contributed by atoms with Crippen molar-refractivity contribution in [3.8, 4) is 0 Å². The van der Waals surface area contributed by atoms with Gasteiger partial charge in [0.2, 0.25) is 0 Å². The van der Waals surface area contributed by atoms with Crippen molar-refractivity contribution in [1.29, 1.82) is 0 Å². The minimum atomic E-state index is -0.778. The van der Waals surface area contributed by atoms with Crippen LogP contribution in [-0.4, -0.2) is 37.2 Å². The molecule has 1 atom stereocenters. The topological polar surface area (TPSA) is 78.9 Å². The molecule has 0 aromatic heterocycles. The van der Waals surface area contributed by atoms with E-state index in [0.29, 0.717) is 19.3 Å². The summed E-state index contributed by atoms with van der Waals surface area (Å²) in [5.41, 5.74) is 0. The minimum Gasteiger partial charge on any atom is -0.462 e. The fraction of sp³-hybridized carbons (Fsp3) is 0.783.